The minimum atomic E-state index is -0.317. The van der Waals surface area contributed by atoms with E-state index >= 15 is 0 Å². The summed E-state index contributed by atoms with van der Waals surface area (Å²) in [6.45, 7) is 0. The lowest BCUT2D eigenvalue weighted by Gasteiger charge is -2.08. The van der Waals surface area contributed by atoms with Gasteiger partial charge in [0.15, 0.2) is 0 Å². The fourth-order valence-electron chi connectivity index (χ4n) is 2.59. The molecule has 6 nitrogen and oxygen atoms in total. The lowest BCUT2D eigenvalue weighted by Crippen LogP contribution is -2.15. The third-order valence-corrected chi connectivity index (χ3v) is 4.71. The summed E-state index contributed by atoms with van der Waals surface area (Å²) in [6.07, 6.45) is 0. The second-order valence-corrected chi connectivity index (χ2v) is 6.50. The molecule has 140 valence electrons. The van der Waals surface area contributed by atoms with Gasteiger partial charge in [-0.25, -0.2) is 0 Å². The molecule has 0 saturated heterocycles. The van der Waals surface area contributed by atoms with Crippen LogP contribution in [0.3, 0.4) is 0 Å². The predicted octanol–water partition coefficient (Wildman–Crippen LogP) is 4.66. The second kappa shape index (κ2) is 7.90. The zero-order valence-corrected chi connectivity index (χ0v) is 16.4. The molecular formula is C19H17Cl2N3O3. The third kappa shape index (κ3) is 4.02. The summed E-state index contributed by atoms with van der Waals surface area (Å²) in [7, 11) is 4.85. The number of aryl methyl sites for hydroxylation is 1. The van der Waals surface area contributed by atoms with Crippen LogP contribution in [0.4, 0.5) is 5.69 Å². The number of nitrogens with one attached hydrogen (secondary N) is 1. The van der Waals surface area contributed by atoms with Crippen molar-refractivity contribution in [2.24, 2.45) is 7.05 Å². The van der Waals surface area contributed by atoms with Crippen LogP contribution in [0.15, 0.2) is 42.5 Å². The van der Waals surface area contributed by atoms with Gasteiger partial charge in [0, 0.05) is 24.4 Å². The van der Waals surface area contributed by atoms with E-state index in [1.165, 1.54) is 4.68 Å². The number of rotatable bonds is 5. The maximum absolute atomic E-state index is 12.6. The first-order chi connectivity index (χ1) is 12.9. The van der Waals surface area contributed by atoms with E-state index in [4.69, 9.17) is 32.7 Å². The van der Waals surface area contributed by atoms with Crippen LogP contribution < -0.4 is 14.8 Å². The Morgan fingerprint density at radius 2 is 1.81 bits per heavy atom. The number of ether oxygens (including phenoxy) is 2. The normalized spacial score (nSPS) is 10.6. The van der Waals surface area contributed by atoms with E-state index in [-0.39, 0.29) is 5.91 Å². The van der Waals surface area contributed by atoms with Gasteiger partial charge in [-0.15, -0.1) is 0 Å². The number of nitrogens with zero attached hydrogens (tertiary/aromatic N) is 2. The van der Waals surface area contributed by atoms with Gasteiger partial charge in [0.05, 0.1) is 30.0 Å². The highest BCUT2D eigenvalue weighted by molar-refractivity contribution is 6.42. The van der Waals surface area contributed by atoms with Crippen LogP contribution in [0.5, 0.6) is 11.5 Å². The van der Waals surface area contributed by atoms with E-state index in [0.29, 0.717) is 38.6 Å². The molecule has 2 aromatic carbocycles. The maximum atomic E-state index is 12.6. The highest BCUT2D eigenvalue weighted by Gasteiger charge is 2.17. The number of carbonyl (C=O) groups excluding carboxylic acids is 1. The summed E-state index contributed by atoms with van der Waals surface area (Å²) in [4.78, 5) is 12.6. The topological polar surface area (TPSA) is 65.4 Å². The summed E-state index contributed by atoms with van der Waals surface area (Å²) in [5.74, 6) is 0.954. The molecule has 1 N–H and O–H groups in total. The van der Waals surface area contributed by atoms with Crippen LogP contribution in [-0.2, 0) is 7.05 Å². The Morgan fingerprint density at radius 3 is 2.48 bits per heavy atom. The molecule has 0 fully saturated rings. The number of hydrogen-bond acceptors (Lipinski definition) is 4. The standard InChI is InChI=1S/C19H17Cl2N3O3/c1-24-17(19(25)22-11-4-7-14(20)15(21)8-11)10-16(23-24)13-6-5-12(26-2)9-18(13)27-3/h4-10H,1-3H3,(H,22,25). The van der Waals surface area contributed by atoms with Gasteiger partial charge in [0.1, 0.15) is 17.2 Å². The number of aromatic nitrogens is 2. The number of halogens is 2. The van der Waals surface area contributed by atoms with E-state index in [9.17, 15) is 4.79 Å². The van der Waals surface area contributed by atoms with Crippen LogP contribution >= 0.6 is 23.2 Å². The Morgan fingerprint density at radius 1 is 1.04 bits per heavy atom. The predicted molar refractivity (Wildman–Crippen MR) is 106 cm³/mol. The van der Waals surface area contributed by atoms with Crippen molar-refractivity contribution in [1.82, 2.24) is 9.78 Å². The molecule has 0 unspecified atom stereocenters. The van der Waals surface area contributed by atoms with Crippen molar-refractivity contribution in [1.29, 1.82) is 0 Å². The highest BCUT2D eigenvalue weighted by atomic mass is 35.5. The first kappa shape index (κ1) is 19.1. The summed E-state index contributed by atoms with van der Waals surface area (Å²) < 4.78 is 12.1. The first-order valence-corrected chi connectivity index (χ1v) is 8.71. The molecule has 3 aromatic rings. The summed E-state index contributed by atoms with van der Waals surface area (Å²) in [6, 6.07) is 12.0. The van der Waals surface area contributed by atoms with Gasteiger partial charge in [-0.3, -0.25) is 9.48 Å². The molecule has 3 rings (SSSR count). The van der Waals surface area contributed by atoms with Gasteiger partial charge in [-0.2, -0.15) is 5.10 Å². The van der Waals surface area contributed by atoms with Crippen molar-refractivity contribution in [2.45, 2.75) is 0 Å². The molecule has 0 aliphatic carbocycles. The van der Waals surface area contributed by atoms with Crippen LogP contribution in [0, 0.1) is 0 Å². The molecule has 1 heterocycles. The van der Waals surface area contributed by atoms with Crippen LogP contribution in [0.2, 0.25) is 10.0 Å². The number of hydrogen-bond donors (Lipinski definition) is 1. The summed E-state index contributed by atoms with van der Waals surface area (Å²) in [5.41, 5.74) is 2.28. The smallest absolute Gasteiger partial charge is 0.273 e. The lowest BCUT2D eigenvalue weighted by molar-refractivity contribution is 0.101. The first-order valence-electron chi connectivity index (χ1n) is 7.95. The summed E-state index contributed by atoms with van der Waals surface area (Å²) >= 11 is 11.9. The largest absolute Gasteiger partial charge is 0.497 e. The Balaban J connectivity index is 1.90. The van der Waals surface area contributed by atoms with Crippen molar-refractivity contribution in [3.05, 3.63) is 58.2 Å². The number of amides is 1. The van der Waals surface area contributed by atoms with Crippen molar-refractivity contribution in [2.75, 3.05) is 19.5 Å². The molecule has 0 bridgehead atoms. The maximum Gasteiger partial charge on any atom is 0.273 e. The van der Waals surface area contributed by atoms with Crippen molar-refractivity contribution in [3.63, 3.8) is 0 Å². The molecule has 27 heavy (non-hydrogen) atoms. The van der Waals surface area contributed by atoms with Crippen molar-refractivity contribution in [3.8, 4) is 22.8 Å². The number of carbonyl (C=O) groups is 1. The quantitative estimate of drug-likeness (QED) is 0.669. The molecule has 0 radical (unpaired) electrons. The minimum absolute atomic E-state index is 0.317. The Bertz CT molecular complexity index is 1000. The Labute approximate surface area is 166 Å². The molecule has 0 spiro atoms. The van der Waals surface area contributed by atoms with Gasteiger partial charge in [0.25, 0.3) is 5.91 Å². The van der Waals surface area contributed by atoms with Gasteiger partial charge < -0.3 is 14.8 Å². The zero-order valence-electron chi connectivity index (χ0n) is 14.9. The lowest BCUT2D eigenvalue weighted by atomic mass is 10.1. The van der Waals surface area contributed by atoms with E-state index in [1.54, 1.807) is 51.6 Å². The summed E-state index contributed by atoms with van der Waals surface area (Å²) in [5, 5.41) is 8.00. The molecule has 0 atom stereocenters. The molecule has 8 heteroatoms. The molecule has 0 aliphatic heterocycles. The molecular weight excluding hydrogens is 389 g/mol. The Hall–Kier alpha value is -2.70. The van der Waals surface area contributed by atoms with Crippen LogP contribution in [-0.4, -0.2) is 29.9 Å². The van der Waals surface area contributed by atoms with Gasteiger partial charge in [-0.1, -0.05) is 23.2 Å². The molecule has 1 amide bonds. The van der Waals surface area contributed by atoms with Crippen LogP contribution in [0.25, 0.3) is 11.3 Å². The van der Waals surface area contributed by atoms with E-state index in [2.05, 4.69) is 10.4 Å². The highest BCUT2D eigenvalue weighted by Crippen LogP contribution is 2.33. The van der Waals surface area contributed by atoms with Gasteiger partial charge in [-0.05, 0) is 36.4 Å². The Kier molecular flexibility index (Phi) is 5.58. The number of benzene rings is 2. The fraction of sp³-hybridized carbons (Fsp3) is 0.158. The second-order valence-electron chi connectivity index (χ2n) is 5.69. The van der Waals surface area contributed by atoms with Gasteiger partial charge in [0.2, 0.25) is 0 Å². The van der Waals surface area contributed by atoms with Gasteiger partial charge >= 0.3 is 0 Å². The monoisotopic (exact) mass is 405 g/mol. The average Bonchev–Trinajstić information content (AvgIpc) is 3.05. The molecule has 0 saturated carbocycles. The van der Waals surface area contributed by atoms with Crippen molar-refractivity contribution >= 4 is 34.8 Å². The SMILES string of the molecule is COc1ccc(-c2cc(C(=O)Nc3ccc(Cl)c(Cl)c3)n(C)n2)c(OC)c1. The average molecular weight is 406 g/mol. The van der Waals surface area contributed by atoms with Crippen LogP contribution in [0.1, 0.15) is 10.5 Å². The van der Waals surface area contributed by atoms with E-state index in [0.717, 1.165) is 5.56 Å². The third-order valence-electron chi connectivity index (χ3n) is 3.97. The van der Waals surface area contributed by atoms with E-state index in [1.807, 2.05) is 12.1 Å². The number of anilines is 1. The number of methoxy groups -OCH3 is 2. The molecule has 0 aliphatic rings. The molecule has 1 aromatic heterocycles. The fourth-order valence-corrected chi connectivity index (χ4v) is 2.89. The zero-order chi connectivity index (χ0) is 19.6. The minimum Gasteiger partial charge on any atom is -0.497 e. The van der Waals surface area contributed by atoms with E-state index < -0.39 is 0 Å². The van der Waals surface area contributed by atoms with Crippen molar-refractivity contribution < 1.29 is 14.3 Å².